The maximum Gasteiger partial charge on any atom is 0.341 e. The molecule has 76 valence electrons. The van der Waals surface area contributed by atoms with Gasteiger partial charge in [0.15, 0.2) is 11.6 Å². The lowest BCUT2D eigenvalue weighted by Crippen LogP contribution is -2.09. The van der Waals surface area contributed by atoms with Gasteiger partial charge in [-0.25, -0.2) is 13.6 Å². The van der Waals surface area contributed by atoms with Gasteiger partial charge in [-0.05, 0) is 25.5 Å². The SMILES string of the molecule is CCOC(=O)c1ccc(C)c(F)c1F. The molecule has 0 unspecified atom stereocenters. The van der Waals surface area contributed by atoms with E-state index >= 15 is 0 Å². The second-order valence-corrected chi connectivity index (χ2v) is 2.78. The van der Waals surface area contributed by atoms with Crippen LogP contribution >= 0.6 is 0 Å². The number of carbonyl (C=O) groups is 1. The molecule has 0 atom stereocenters. The summed E-state index contributed by atoms with van der Waals surface area (Å²) in [6, 6.07) is 2.55. The van der Waals surface area contributed by atoms with Crippen LogP contribution in [0.15, 0.2) is 12.1 Å². The van der Waals surface area contributed by atoms with Crippen LogP contribution in [-0.4, -0.2) is 12.6 Å². The van der Waals surface area contributed by atoms with Gasteiger partial charge in [0.25, 0.3) is 0 Å². The van der Waals surface area contributed by atoms with Gasteiger partial charge >= 0.3 is 5.97 Å². The number of benzene rings is 1. The third kappa shape index (κ3) is 1.89. The van der Waals surface area contributed by atoms with Crippen molar-refractivity contribution in [2.75, 3.05) is 6.61 Å². The number of halogens is 2. The fourth-order valence-electron chi connectivity index (χ4n) is 1.01. The van der Waals surface area contributed by atoms with Crippen LogP contribution in [0.2, 0.25) is 0 Å². The molecule has 0 N–H and O–H groups in total. The van der Waals surface area contributed by atoms with E-state index in [0.29, 0.717) is 0 Å². The van der Waals surface area contributed by atoms with E-state index in [2.05, 4.69) is 4.74 Å². The summed E-state index contributed by atoms with van der Waals surface area (Å²) in [5.74, 6) is -3.00. The highest BCUT2D eigenvalue weighted by Gasteiger charge is 2.17. The first kappa shape index (κ1) is 10.6. The van der Waals surface area contributed by atoms with Crippen LogP contribution in [0.5, 0.6) is 0 Å². The summed E-state index contributed by atoms with van der Waals surface area (Å²) in [4.78, 5) is 11.1. The third-order valence-electron chi connectivity index (χ3n) is 1.77. The highest BCUT2D eigenvalue weighted by Crippen LogP contribution is 2.16. The smallest absolute Gasteiger partial charge is 0.341 e. The first-order chi connectivity index (χ1) is 6.57. The van der Waals surface area contributed by atoms with Crippen LogP contribution in [0.25, 0.3) is 0 Å². The molecule has 0 aliphatic rings. The molecule has 0 radical (unpaired) electrons. The molecule has 0 fully saturated rings. The molecule has 0 bridgehead atoms. The highest BCUT2D eigenvalue weighted by atomic mass is 19.2. The second-order valence-electron chi connectivity index (χ2n) is 2.78. The van der Waals surface area contributed by atoms with Gasteiger partial charge in [0.2, 0.25) is 0 Å². The van der Waals surface area contributed by atoms with Gasteiger partial charge in [-0.15, -0.1) is 0 Å². The minimum Gasteiger partial charge on any atom is -0.462 e. The number of carbonyl (C=O) groups excluding carboxylic acids is 1. The Kier molecular flexibility index (Phi) is 3.17. The Morgan fingerprint density at radius 1 is 1.36 bits per heavy atom. The van der Waals surface area contributed by atoms with Crippen molar-refractivity contribution >= 4 is 5.97 Å². The molecular weight excluding hydrogens is 190 g/mol. The highest BCUT2D eigenvalue weighted by molar-refractivity contribution is 5.89. The van der Waals surface area contributed by atoms with E-state index in [-0.39, 0.29) is 17.7 Å². The van der Waals surface area contributed by atoms with Gasteiger partial charge in [0.1, 0.15) is 0 Å². The van der Waals surface area contributed by atoms with Crippen LogP contribution in [0.3, 0.4) is 0 Å². The normalized spacial score (nSPS) is 10.0. The summed E-state index contributed by atoms with van der Waals surface area (Å²) in [5, 5.41) is 0. The number of aryl methyl sites for hydroxylation is 1. The molecule has 0 heterocycles. The monoisotopic (exact) mass is 200 g/mol. The quantitative estimate of drug-likeness (QED) is 0.685. The summed E-state index contributed by atoms with van der Waals surface area (Å²) in [5.41, 5.74) is -0.203. The number of ether oxygens (including phenoxy) is 1. The first-order valence-electron chi connectivity index (χ1n) is 4.19. The van der Waals surface area contributed by atoms with Gasteiger partial charge in [-0.3, -0.25) is 0 Å². The van der Waals surface area contributed by atoms with E-state index in [1.54, 1.807) is 6.92 Å². The molecule has 1 aromatic rings. The molecule has 0 saturated heterocycles. The summed E-state index contributed by atoms with van der Waals surface area (Å²) in [7, 11) is 0. The zero-order valence-electron chi connectivity index (χ0n) is 7.93. The Balaban J connectivity index is 3.11. The van der Waals surface area contributed by atoms with E-state index < -0.39 is 17.6 Å². The van der Waals surface area contributed by atoms with E-state index in [4.69, 9.17) is 0 Å². The van der Waals surface area contributed by atoms with Gasteiger partial charge in [0, 0.05) is 0 Å². The number of esters is 1. The zero-order chi connectivity index (χ0) is 10.7. The van der Waals surface area contributed by atoms with E-state index in [0.717, 1.165) is 0 Å². The minimum atomic E-state index is -1.15. The predicted octanol–water partition coefficient (Wildman–Crippen LogP) is 2.45. The lowest BCUT2D eigenvalue weighted by atomic mass is 10.1. The van der Waals surface area contributed by atoms with Crippen molar-refractivity contribution in [3.63, 3.8) is 0 Å². The maximum atomic E-state index is 13.2. The largest absolute Gasteiger partial charge is 0.462 e. The molecule has 2 nitrogen and oxygen atoms in total. The molecule has 0 aliphatic heterocycles. The first-order valence-corrected chi connectivity index (χ1v) is 4.19. The van der Waals surface area contributed by atoms with Gasteiger partial charge < -0.3 is 4.74 Å². The summed E-state index contributed by atoms with van der Waals surface area (Å²) in [6.45, 7) is 3.15. The maximum absolute atomic E-state index is 13.2. The van der Waals surface area contributed by atoms with Crippen molar-refractivity contribution in [3.8, 4) is 0 Å². The fraction of sp³-hybridized carbons (Fsp3) is 0.300. The molecule has 0 spiro atoms. The second kappa shape index (κ2) is 4.17. The van der Waals surface area contributed by atoms with Crippen molar-refractivity contribution in [2.45, 2.75) is 13.8 Å². The van der Waals surface area contributed by atoms with Crippen molar-refractivity contribution in [3.05, 3.63) is 34.9 Å². The van der Waals surface area contributed by atoms with E-state index in [9.17, 15) is 13.6 Å². The molecule has 0 aromatic heterocycles. The van der Waals surface area contributed by atoms with Gasteiger partial charge in [-0.2, -0.15) is 0 Å². The van der Waals surface area contributed by atoms with Gasteiger partial charge in [-0.1, -0.05) is 6.07 Å². The average Bonchev–Trinajstić information content (AvgIpc) is 2.15. The Bertz CT molecular complexity index is 361. The predicted molar refractivity (Wildman–Crippen MR) is 47.1 cm³/mol. The molecule has 4 heteroatoms. The topological polar surface area (TPSA) is 26.3 Å². The standard InChI is InChI=1S/C10H10F2O2/c1-3-14-10(13)7-5-4-6(2)8(11)9(7)12/h4-5H,3H2,1-2H3. The van der Waals surface area contributed by atoms with Crippen LogP contribution in [0.4, 0.5) is 8.78 Å². The molecule has 14 heavy (non-hydrogen) atoms. The third-order valence-corrected chi connectivity index (χ3v) is 1.77. The van der Waals surface area contributed by atoms with Gasteiger partial charge in [0.05, 0.1) is 12.2 Å². The average molecular weight is 200 g/mol. The number of hydrogen-bond donors (Lipinski definition) is 0. The van der Waals surface area contributed by atoms with Crippen molar-refractivity contribution in [1.29, 1.82) is 0 Å². The molecule has 0 aliphatic carbocycles. The lowest BCUT2D eigenvalue weighted by molar-refractivity contribution is 0.0520. The van der Waals surface area contributed by atoms with Crippen LogP contribution in [0.1, 0.15) is 22.8 Å². The summed E-state index contributed by atoms with van der Waals surface area (Å²) >= 11 is 0. The zero-order valence-corrected chi connectivity index (χ0v) is 7.93. The molecule has 0 amide bonds. The van der Waals surface area contributed by atoms with E-state index in [1.165, 1.54) is 19.1 Å². The van der Waals surface area contributed by atoms with E-state index in [1.807, 2.05) is 0 Å². The van der Waals surface area contributed by atoms with Crippen LogP contribution in [0, 0.1) is 18.6 Å². The Labute approximate surface area is 80.5 Å². The minimum absolute atomic E-state index is 0.133. The van der Waals surface area contributed by atoms with Crippen molar-refractivity contribution in [2.24, 2.45) is 0 Å². The Morgan fingerprint density at radius 3 is 2.57 bits per heavy atom. The lowest BCUT2D eigenvalue weighted by Gasteiger charge is -2.04. The molecule has 1 rings (SSSR count). The number of rotatable bonds is 2. The van der Waals surface area contributed by atoms with Crippen molar-refractivity contribution in [1.82, 2.24) is 0 Å². The fourth-order valence-corrected chi connectivity index (χ4v) is 1.01. The summed E-state index contributed by atoms with van der Waals surface area (Å²) < 4.78 is 30.7. The number of hydrogen-bond acceptors (Lipinski definition) is 2. The Hall–Kier alpha value is -1.45. The van der Waals surface area contributed by atoms with Crippen LogP contribution in [-0.2, 0) is 4.74 Å². The molecular formula is C10H10F2O2. The Morgan fingerprint density at radius 2 is 2.00 bits per heavy atom. The van der Waals surface area contributed by atoms with Crippen LogP contribution < -0.4 is 0 Å². The summed E-state index contributed by atoms with van der Waals surface area (Å²) in [6.07, 6.45) is 0. The molecule has 1 aromatic carbocycles. The molecule has 0 saturated carbocycles. The van der Waals surface area contributed by atoms with Crippen molar-refractivity contribution < 1.29 is 18.3 Å².